The number of fused-ring (bicyclic) bond motifs is 1. The van der Waals surface area contributed by atoms with Gasteiger partial charge in [0.05, 0.1) is 39.7 Å². The molecule has 1 aliphatic rings. The van der Waals surface area contributed by atoms with E-state index >= 15 is 0 Å². The van der Waals surface area contributed by atoms with Gasteiger partial charge in [0.2, 0.25) is 0 Å². The first-order valence-corrected chi connectivity index (χ1v) is 15.2. The maximum absolute atomic E-state index is 13.9. The smallest absolute Gasteiger partial charge is 0.255 e. The Morgan fingerprint density at radius 1 is 1.29 bits per heavy atom. The SMILES string of the molecule is C=C(NC(C)c1nc2ccc(Cl)cc2[nH]1)c1cc(Cl)c(C(=O)N2CCCCC2CN(CC)CCCC)cc1N=CN. The number of hydrogen-bond acceptors (Lipinski definition) is 5. The number of aromatic nitrogens is 2. The highest BCUT2D eigenvalue weighted by atomic mass is 35.5. The van der Waals surface area contributed by atoms with Crippen LogP contribution in [-0.2, 0) is 0 Å². The van der Waals surface area contributed by atoms with Crippen molar-refractivity contribution >= 4 is 57.9 Å². The van der Waals surface area contributed by atoms with Crippen molar-refractivity contribution < 1.29 is 4.79 Å². The van der Waals surface area contributed by atoms with Gasteiger partial charge in [-0.1, -0.05) is 50.0 Å². The minimum atomic E-state index is -0.202. The Balaban J connectivity index is 1.56. The molecule has 41 heavy (non-hydrogen) atoms. The van der Waals surface area contributed by atoms with Crippen LogP contribution in [0.3, 0.4) is 0 Å². The van der Waals surface area contributed by atoms with Crippen molar-refractivity contribution in [1.82, 2.24) is 25.1 Å². The fourth-order valence-electron chi connectivity index (χ4n) is 5.44. The molecule has 4 rings (SSSR count). The zero-order valence-electron chi connectivity index (χ0n) is 24.2. The molecule has 1 aliphatic heterocycles. The van der Waals surface area contributed by atoms with Gasteiger partial charge in [-0.3, -0.25) is 4.79 Å². The molecule has 220 valence electrons. The predicted octanol–water partition coefficient (Wildman–Crippen LogP) is 6.93. The first kappa shape index (κ1) is 30.9. The van der Waals surface area contributed by atoms with Gasteiger partial charge in [0.15, 0.2) is 0 Å². The van der Waals surface area contributed by atoms with Crippen LogP contribution in [0, 0.1) is 0 Å². The van der Waals surface area contributed by atoms with Crippen LogP contribution in [0.25, 0.3) is 16.7 Å². The van der Waals surface area contributed by atoms with Gasteiger partial charge in [-0.2, -0.15) is 0 Å². The van der Waals surface area contributed by atoms with Crippen LogP contribution in [0.2, 0.25) is 10.0 Å². The normalized spacial score (nSPS) is 16.5. The summed E-state index contributed by atoms with van der Waals surface area (Å²) in [5, 5.41) is 4.38. The highest BCUT2D eigenvalue weighted by Gasteiger charge is 2.30. The van der Waals surface area contributed by atoms with Gasteiger partial charge in [0.25, 0.3) is 5.91 Å². The van der Waals surface area contributed by atoms with E-state index in [9.17, 15) is 4.79 Å². The number of carbonyl (C=O) groups is 1. The fourth-order valence-corrected chi connectivity index (χ4v) is 5.86. The van der Waals surface area contributed by atoms with E-state index in [-0.39, 0.29) is 18.0 Å². The van der Waals surface area contributed by atoms with Crippen molar-refractivity contribution in [2.24, 2.45) is 10.7 Å². The number of hydrogen-bond donors (Lipinski definition) is 3. The lowest BCUT2D eigenvalue weighted by Crippen LogP contribution is -2.49. The van der Waals surface area contributed by atoms with E-state index < -0.39 is 0 Å². The number of nitrogens with one attached hydrogen (secondary N) is 2. The molecule has 1 fully saturated rings. The lowest BCUT2D eigenvalue weighted by molar-refractivity contribution is 0.0547. The summed E-state index contributed by atoms with van der Waals surface area (Å²) in [5.74, 6) is 0.667. The quantitative estimate of drug-likeness (QED) is 0.155. The number of aromatic amines is 1. The Morgan fingerprint density at radius 3 is 2.83 bits per heavy atom. The Labute approximate surface area is 253 Å². The molecule has 4 N–H and O–H groups in total. The standard InChI is InChI=1S/C31H41Cl2N7O/c1-5-7-13-39(6-2)18-23-10-8-9-14-40(23)31(41)25-17-28(35-19-34)24(16-26(25)33)20(3)36-21(4)30-37-27-12-11-22(32)15-29(27)38-30/h11-12,15-17,19,21,23,36H,3,5-10,13-14,18H2,1-2,4H3,(H2,34,35)(H,37,38). The number of aliphatic imine (C=N–C) groups is 1. The first-order chi connectivity index (χ1) is 19.7. The largest absolute Gasteiger partial charge is 0.390 e. The summed E-state index contributed by atoms with van der Waals surface area (Å²) in [4.78, 5) is 30.7. The number of likely N-dealkylation sites (tertiary alicyclic amines) is 1. The van der Waals surface area contributed by atoms with Crippen molar-refractivity contribution in [2.75, 3.05) is 26.2 Å². The number of H-pyrrole nitrogens is 1. The molecule has 3 aromatic rings. The van der Waals surface area contributed by atoms with Gasteiger partial charge < -0.3 is 25.8 Å². The van der Waals surface area contributed by atoms with E-state index in [0.717, 1.165) is 75.1 Å². The van der Waals surface area contributed by atoms with Gasteiger partial charge >= 0.3 is 0 Å². The highest BCUT2D eigenvalue weighted by Crippen LogP contribution is 2.34. The molecule has 2 aromatic carbocycles. The molecule has 8 nitrogen and oxygen atoms in total. The molecule has 1 saturated heterocycles. The van der Waals surface area contributed by atoms with Gasteiger partial charge in [0.1, 0.15) is 5.82 Å². The summed E-state index contributed by atoms with van der Waals surface area (Å²) in [5.41, 5.74) is 9.59. The number of unbranched alkanes of at least 4 members (excludes halogenated alkanes) is 1. The second-order valence-electron chi connectivity index (χ2n) is 10.7. The Bertz CT molecular complexity index is 1400. The number of halogens is 2. The molecule has 0 saturated carbocycles. The summed E-state index contributed by atoms with van der Waals surface area (Å²) >= 11 is 12.9. The molecular weight excluding hydrogens is 557 g/mol. The van der Waals surface area contributed by atoms with Crippen LogP contribution in [0.15, 0.2) is 41.9 Å². The molecular formula is C31H41Cl2N7O. The maximum Gasteiger partial charge on any atom is 0.255 e. The summed E-state index contributed by atoms with van der Waals surface area (Å²) in [7, 11) is 0. The summed E-state index contributed by atoms with van der Waals surface area (Å²) < 4.78 is 0. The third kappa shape index (κ3) is 7.42. The number of carbonyl (C=O) groups excluding carboxylic acids is 1. The molecule has 2 unspecified atom stereocenters. The number of piperidine rings is 1. The lowest BCUT2D eigenvalue weighted by atomic mass is 9.99. The zero-order valence-corrected chi connectivity index (χ0v) is 25.7. The van der Waals surface area contributed by atoms with E-state index in [1.165, 1.54) is 6.34 Å². The Hall–Kier alpha value is -3.07. The molecule has 0 spiro atoms. The van der Waals surface area contributed by atoms with Crippen molar-refractivity contribution in [1.29, 1.82) is 0 Å². The first-order valence-electron chi connectivity index (χ1n) is 14.5. The predicted molar refractivity (Wildman–Crippen MR) is 171 cm³/mol. The van der Waals surface area contributed by atoms with E-state index in [1.807, 2.05) is 30.0 Å². The minimum absolute atomic E-state index is 0.0702. The number of nitrogens with zero attached hydrogens (tertiary/aromatic N) is 4. The monoisotopic (exact) mass is 597 g/mol. The lowest BCUT2D eigenvalue weighted by Gasteiger charge is -2.39. The van der Waals surface area contributed by atoms with E-state index in [1.54, 1.807) is 12.1 Å². The summed E-state index contributed by atoms with van der Waals surface area (Å²) in [6, 6.07) is 8.96. The minimum Gasteiger partial charge on any atom is -0.390 e. The zero-order chi connectivity index (χ0) is 29.5. The molecule has 2 atom stereocenters. The van der Waals surface area contributed by atoms with Crippen LogP contribution in [-0.4, -0.2) is 64.2 Å². The van der Waals surface area contributed by atoms with Gasteiger partial charge in [-0.25, -0.2) is 9.98 Å². The van der Waals surface area contributed by atoms with Gasteiger partial charge in [-0.05, 0) is 76.0 Å². The molecule has 2 heterocycles. The second-order valence-corrected chi connectivity index (χ2v) is 11.5. The number of benzene rings is 2. The van der Waals surface area contributed by atoms with Crippen LogP contribution in [0.5, 0.6) is 0 Å². The number of nitrogens with two attached hydrogens (primary N) is 1. The number of likely N-dealkylation sites (N-methyl/N-ethyl adjacent to an activating group) is 1. The number of amides is 1. The van der Waals surface area contributed by atoms with E-state index in [2.05, 4.69) is 45.6 Å². The van der Waals surface area contributed by atoms with Crippen molar-refractivity contribution in [3.8, 4) is 0 Å². The van der Waals surface area contributed by atoms with Crippen LogP contribution in [0.4, 0.5) is 5.69 Å². The van der Waals surface area contributed by atoms with Crippen molar-refractivity contribution in [3.63, 3.8) is 0 Å². The van der Waals surface area contributed by atoms with Crippen molar-refractivity contribution in [3.05, 3.63) is 63.9 Å². The average molecular weight is 599 g/mol. The topological polar surface area (TPSA) is 103 Å². The Morgan fingerprint density at radius 2 is 2.10 bits per heavy atom. The fraction of sp³-hybridized carbons (Fsp3) is 0.452. The molecule has 0 radical (unpaired) electrons. The summed E-state index contributed by atoms with van der Waals surface area (Å²) in [6.45, 7) is 14.2. The Kier molecular flexibility index (Phi) is 10.7. The highest BCUT2D eigenvalue weighted by molar-refractivity contribution is 6.34. The van der Waals surface area contributed by atoms with E-state index in [4.69, 9.17) is 28.9 Å². The molecule has 1 amide bonds. The molecule has 1 aromatic heterocycles. The average Bonchev–Trinajstić information content (AvgIpc) is 3.39. The van der Waals surface area contributed by atoms with Crippen LogP contribution >= 0.6 is 23.2 Å². The maximum atomic E-state index is 13.9. The second kappa shape index (κ2) is 14.2. The van der Waals surface area contributed by atoms with Gasteiger partial charge in [0, 0.05) is 35.4 Å². The van der Waals surface area contributed by atoms with Crippen LogP contribution < -0.4 is 11.1 Å². The molecule has 0 bridgehead atoms. The third-order valence-electron chi connectivity index (χ3n) is 7.75. The van der Waals surface area contributed by atoms with Crippen LogP contribution in [0.1, 0.15) is 80.7 Å². The third-order valence-corrected chi connectivity index (χ3v) is 8.30. The number of imidazole rings is 1. The summed E-state index contributed by atoms with van der Waals surface area (Å²) in [6.07, 6.45) is 6.63. The molecule has 0 aliphatic carbocycles. The van der Waals surface area contributed by atoms with Gasteiger partial charge in [-0.15, -0.1) is 0 Å². The van der Waals surface area contributed by atoms with E-state index in [0.29, 0.717) is 32.6 Å². The molecule has 10 heteroatoms. The number of rotatable bonds is 12. The van der Waals surface area contributed by atoms with Crippen molar-refractivity contribution in [2.45, 2.75) is 65.0 Å².